The normalized spacial score (nSPS) is 13.2. The first kappa shape index (κ1) is 18.1. The molecule has 6 heteroatoms. The molecule has 0 fully saturated rings. The summed E-state index contributed by atoms with van der Waals surface area (Å²) in [6, 6.07) is -1.24. The van der Waals surface area contributed by atoms with Crippen molar-refractivity contribution in [1.82, 2.24) is 10.6 Å². The minimum atomic E-state index is -0.993. The molecule has 0 rings (SSSR count). The maximum absolute atomic E-state index is 11.7. The van der Waals surface area contributed by atoms with Gasteiger partial charge in [-0.05, 0) is 29.8 Å². The Morgan fingerprint density at radius 3 is 2.32 bits per heavy atom. The van der Waals surface area contributed by atoms with Gasteiger partial charge in [0.1, 0.15) is 6.04 Å². The van der Waals surface area contributed by atoms with Crippen LogP contribution in [-0.4, -0.2) is 41.7 Å². The minimum Gasteiger partial charge on any atom is -0.480 e. The number of hydrogen-bond acceptors (Lipinski definition) is 3. The van der Waals surface area contributed by atoms with Gasteiger partial charge in [-0.15, -0.1) is 0 Å². The van der Waals surface area contributed by atoms with Crippen molar-refractivity contribution >= 4 is 23.8 Å². The monoisotopic (exact) mass is 290 g/mol. The lowest BCUT2D eigenvalue weighted by Gasteiger charge is -2.29. The molecule has 0 aliphatic heterocycles. The van der Waals surface area contributed by atoms with Crippen molar-refractivity contribution in [2.45, 2.75) is 40.2 Å². The molecule has 3 N–H and O–H groups in total. The van der Waals surface area contributed by atoms with Crippen LogP contribution in [0.1, 0.15) is 34.1 Å². The van der Waals surface area contributed by atoms with Crippen molar-refractivity contribution in [2.24, 2.45) is 11.3 Å². The Morgan fingerprint density at radius 1 is 1.32 bits per heavy atom. The highest BCUT2D eigenvalue weighted by atomic mass is 32.2. The zero-order chi connectivity index (χ0) is 15.1. The molecule has 0 aliphatic rings. The quantitative estimate of drug-likeness (QED) is 0.640. The summed E-state index contributed by atoms with van der Waals surface area (Å²) in [4.78, 5) is 22.7. The molecular weight excluding hydrogens is 264 g/mol. The fourth-order valence-corrected chi connectivity index (χ4v) is 1.69. The van der Waals surface area contributed by atoms with E-state index in [4.69, 9.17) is 5.11 Å². The summed E-state index contributed by atoms with van der Waals surface area (Å²) < 4.78 is 0. The third-order valence-electron chi connectivity index (χ3n) is 3.48. The van der Waals surface area contributed by atoms with E-state index in [2.05, 4.69) is 38.3 Å². The molecule has 0 saturated carbocycles. The number of urea groups is 1. The Labute approximate surface area is 119 Å². The number of thioether (sulfide) groups is 1. The lowest BCUT2D eigenvalue weighted by molar-refractivity contribution is -0.139. The van der Waals surface area contributed by atoms with Gasteiger partial charge in [0.15, 0.2) is 0 Å². The van der Waals surface area contributed by atoms with E-state index in [9.17, 15) is 9.59 Å². The molecule has 0 radical (unpaired) electrons. The summed E-state index contributed by atoms with van der Waals surface area (Å²) in [7, 11) is 0. The summed E-state index contributed by atoms with van der Waals surface area (Å²) in [5.74, 6) is 0.140. The predicted molar refractivity (Wildman–Crippen MR) is 79.6 cm³/mol. The first-order valence-electron chi connectivity index (χ1n) is 6.46. The van der Waals surface area contributed by atoms with Crippen LogP contribution in [0.25, 0.3) is 0 Å². The maximum Gasteiger partial charge on any atom is 0.326 e. The fourth-order valence-electron chi connectivity index (χ4n) is 1.21. The van der Waals surface area contributed by atoms with Crippen LogP contribution < -0.4 is 10.6 Å². The van der Waals surface area contributed by atoms with Crippen LogP contribution in [0.2, 0.25) is 0 Å². The van der Waals surface area contributed by atoms with Crippen LogP contribution in [0, 0.1) is 11.3 Å². The molecule has 2 amide bonds. The van der Waals surface area contributed by atoms with E-state index in [1.807, 2.05) is 6.26 Å². The maximum atomic E-state index is 11.7. The third kappa shape index (κ3) is 7.30. The Hall–Kier alpha value is -0.910. The molecule has 0 aromatic rings. The molecule has 1 atom stereocenters. The fraction of sp³-hybridized carbons (Fsp3) is 0.846. The molecule has 5 nitrogen and oxygen atoms in total. The number of carbonyl (C=O) groups is 2. The number of rotatable bonds is 8. The van der Waals surface area contributed by atoms with Crippen molar-refractivity contribution in [3.63, 3.8) is 0 Å². The van der Waals surface area contributed by atoms with Crippen molar-refractivity contribution in [2.75, 3.05) is 18.6 Å². The van der Waals surface area contributed by atoms with Gasteiger partial charge in [-0.1, -0.05) is 27.7 Å². The third-order valence-corrected chi connectivity index (χ3v) is 4.13. The van der Waals surface area contributed by atoms with E-state index < -0.39 is 18.0 Å². The van der Waals surface area contributed by atoms with Gasteiger partial charge < -0.3 is 15.7 Å². The summed E-state index contributed by atoms with van der Waals surface area (Å²) in [5, 5.41) is 14.3. The van der Waals surface area contributed by atoms with E-state index in [0.717, 1.165) is 0 Å². The molecular formula is C13H26N2O3S. The number of hydrogen-bond donors (Lipinski definition) is 3. The molecule has 0 aliphatic carbocycles. The van der Waals surface area contributed by atoms with E-state index >= 15 is 0 Å². The Bertz CT molecular complexity index is 306. The highest BCUT2D eigenvalue weighted by Crippen LogP contribution is 2.24. The SMILES string of the molecule is CSCC[C@@H](NC(=O)NCC(C)(C)C(C)C)C(=O)O. The number of nitrogens with one attached hydrogen (secondary N) is 2. The largest absolute Gasteiger partial charge is 0.480 e. The lowest BCUT2D eigenvalue weighted by Crippen LogP contribution is -2.48. The van der Waals surface area contributed by atoms with Crippen LogP contribution in [0.5, 0.6) is 0 Å². The van der Waals surface area contributed by atoms with Crippen LogP contribution in [0.3, 0.4) is 0 Å². The molecule has 19 heavy (non-hydrogen) atoms. The number of amides is 2. The second-order valence-corrected chi connectivity index (χ2v) is 6.63. The molecule has 0 unspecified atom stereocenters. The molecule has 0 aromatic heterocycles. The van der Waals surface area contributed by atoms with E-state index in [1.54, 1.807) is 11.8 Å². The van der Waals surface area contributed by atoms with Crippen LogP contribution in [0.15, 0.2) is 0 Å². The minimum absolute atomic E-state index is 0.0185. The van der Waals surface area contributed by atoms with E-state index in [1.165, 1.54) is 0 Å². The van der Waals surface area contributed by atoms with E-state index in [-0.39, 0.29) is 5.41 Å². The van der Waals surface area contributed by atoms with Crippen LogP contribution >= 0.6 is 11.8 Å². The number of carbonyl (C=O) groups excluding carboxylic acids is 1. The summed E-state index contributed by atoms with van der Waals surface area (Å²) in [5.41, 5.74) is -0.0185. The molecule has 0 heterocycles. The van der Waals surface area contributed by atoms with Gasteiger partial charge in [-0.2, -0.15) is 11.8 Å². The average Bonchev–Trinajstić information content (AvgIpc) is 2.31. The molecule has 0 bridgehead atoms. The van der Waals surface area contributed by atoms with E-state index in [0.29, 0.717) is 24.6 Å². The first-order valence-corrected chi connectivity index (χ1v) is 7.86. The summed E-state index contributed by atoms with van der Waals surface area (Å²) >= 11 is 1.56. The smallest absolute Gasteiger partial charge is 0.326 e. The van der Waals surface area contributed by atoms with Gasteiger partial charge >= 0.3 is 12.0 Å². The van der Waals surface area contributed by atoms with Gasteiger partial charge in [-0.3, -0.25) is 0 Å². The number of carboxylic acids is 1. The second kappa shape index (κ2) is 8.30. The van der Waals surface area contributed by atoms with Crippen LogP contribution in [-0.2, 0) is 4.79 Å². The topological polar surface area (TPSA) is 78.4 Å². The average molecular weight is 290 g/mol. The van der Waals surface area contributed by atoms with Crippen molar-refractivity contribution in [3.05, 3.63) is 0 Å². The zero-order valence-electron chi connectivity index (χ0n) is 12.4. The van der Waals surface area contributed by atoms with Gasteiger partial charge in [-0.25, -0.2) is 9.59 Å². The predicted octanol–water partition coefficient (Wildman–Crippen LogP) is 2.17. The molecule has 0 saturated heterocycles. The number of aliphatic carboxylic acids is 1. The summed E-state index contributed by atoms with van der Waals surface area (Å²) in [6.07, 6.45) is 2.33. The van der Waals surface area contributed by atoms with Gasteiger partial charge in [0.05, 0.1) is 0 Å². The number of carboxylic acid groups (broad SMARTS) is 1. The second-order valence-electron chi connectivity index (χ2n) is 5.64. The molecule has 112 valence electrons. The highest BCUT2D eigenvalue weighted by molar-refractivity contribution is 7.98. The molecule has 0 aromatic carbocycles. The van der Waals surface area contributed by atoms with Crippen molar-refractivity contribution in [1.29, 1.82) is 0 Å². The Kier molecular flexibility index (Phi) is 7.90. The summed E-state index contributed by atoms with van der Waals surface area (Å²) in [6.45, 7) is 8.85. The van der Waals surface area contributed by atoms with Crippen molar-refractivity contribution < 1.29 is 14.7 Å². The lowest BCUT2D eigenvalue weighted by atomic mass is 9.81. The van der Waals surface area contributed by atoms with Gasteiger partial charge in [0.2, 0.25) is 0 Å². The zero-order valence-corrected chi connectivity index (χ0v) is 13.3. The van der Waals surface area contributed by atoms with Crippen molar-refractivity contribution in [3.8, 4) is 0 Å². The highest BCUT2D eigenvalue weighted by Gasteiger charge is 2.24. The van der Waals surface area contributed by atoms with Gasteiger partial charge in [0, 0.05) is 6.54 Å². The Balaban J connectivity index is 4.24. The molecule has 0 spiro atoms. The van der Waals surface area contributed by atoms with Gasteiger partial charge in [0.25, 0.3) is 0 Å². The Morgan fingerprint density at radius 2 is 1.89 bits per heavy atom. The first-order chi connectivity index (χ1) is 8.70. The van der Waals surface area contributed by atoms with Crippen LogP contribution in [0.4, 0.5) is 4.79 Å². The standard InChI is InChI=1S/C13H26N2O3S/c1-9(2)13(3,4)8-14-12(18)15-10(11(16)17)6-7-19-5/h9-10H,6-8H2,1-5H3,(H,16,17)(H2,14,15,18)/t10-/m1/s1.